The summed E-state index contributed by atoms with van der Waals surface area (Å²) in [5.74, 6) is 1.70. The number of halogens is 1. The van der Waals surface area contributed by atoms with Gasteiger partial charge in [0, 0.05) is 5.38 Å². The van der Waals surface area contributed by atoms with Crippen molar-refractivity contribution in [2.24, 2.45) is 5.92 Å². The Morgan fingerprint density at radius 1 is 0.905 bits per heavy atom. The standard InChI is InChI=1S/C19H23ClO/c1-14(2)19(20)15(3)17-9-11-18(12-10-17)21-13-16-7-5-4-6-8-16/h4-12,14-15,19H,13H2,1-3H3. The third kappa shape index (κ3) is 4.50. The topological polar surface area (TPSA) is 9.23 Å². The van der Waals surface area contributed by atoms with E-state index >= 15 is 0 Å². The van der Waals surface area contributed by atoms with Gasteiger partial charge in [0.2, 0.25) is 0 Å². The fourth-order valence-electron chi connectivity index (χ4n) is 2.37. The second kappa shape index (κ2) is 7.51. The minimum Gasteiger partial charge on any atom is -0.489 e. The largest absolute Gasteiger partial charge is 0.489 e. The molecule has 2 unspecified atom stereocenters. The highest BCUT2D eigenvalue weighted by Gasteiger charge is 2.19. The molecular formula is C19H23ClO. The molecule has 21 heavy (non-hydrogen) atoms. The number of hydrogen-bond acceptors (Lipinski definition) is 1. The number of benzene rings is 2. The predicted octanol–water partition coefficient (Wildman–Crippen LogP) is 5.63. The van der Waals surface area contributed by atoms with Gasteiger partial charge in [0.1, 0.15) is 12.4 Å². The molecule has 0 N–H and O–H groups in total. The average Bonchev–Trinajstić information content (AvgIpc) is 2.53. The molecule has 2 aromatic carbocycles. The van der Waals surface area contributed by atoms with Crippen molar-refractivity contribution in [3.8, 4) is 5.75 Å². The van der Waals surface area contributed by atoms with Crippen LogP contribution in [0.3, 0.4) is 0 Å². The Kier molecular flexibility index (Phi) is 5.69. The first kappa shape index (κ1) is 15.9. The Labute approximate surface area is 132 Å². The summed E-state index contributed by atoms with van der Waals surface area (Å²) in [7, 11) is 0. The quantitative estimate of drug-likeness (QED) is 0.628. The molecule has 2 rings (SSSR count). The molecule has 2 aromatic rings. The van der Waals surface area contributed by atoms with Crippen molar-refractivity contribution in [2.75, 3.05) is 0 Å². The van der Waals surface area contributed by atoms with E-state index < -0.39 is 0 Å². The lowest BCUT2D eigenvalue weighted by atomic mass is 9.91. The lowest BCUT2D eigenvalue weighted by Crippen LogP contribution is -2.16. The highest BCUT2D eigenvalue weighted by molar-refractivity contribution is 6.21. The van der Waals surface area contributed by atoms with Crippen molar-refractivity contribution in [3.63, 3.8) is 0 Å². The fraction of sp³-hybridized carbons (Fsp3) is 0.368. The summed E-state index contributed by atoms with van der Waals surface area (Å²) in [6, 6.07) is 18.5. The van der Waals surface area contributed by atoms with Crippen molar-refractivity contribution in [1.82, 2.24) is 0 Å². The van der Waals surface area contributed by atoms with Gasteiger partial charge in [-0.05, 0) is 35.1 Å². The molecule has 0 amide bonds. The first-order valence-corrected chi connectivity index (χ1v) is 7.92. The summed E-state index contributed by atoms with van der Waals surface area (Å²) in [6.45, 7) is 7.09. The van der Waals surface area contributed by atoms with Gasteiger partial charge >= 0.3 is 0 Å². The first-order valence-electron chi connectivity index (χ1n) is 7.48. The molecule has 0 heterocycles. The minimum absolute atomic E-state index is 0.154. The number of ether oxygens (including phenoxy) is 1. The number of alkyl halides is 1. The van der Waals surface area contributed by atoms with Crippen LogP contribution >= 0.6 is 11.6 Å². The van der Waals surface area contributed by atoms with E-state index in [1.165, 1.54) is 11.1 Å². The van der Waals surface area contributed by atoms with Gasteiger partial charge in [-0.15, -0.1) is 11.6 Å². The second-order valence-electron chi connectivity index (χ2n) is 5.82. The molecule has 0 aromatic heterocycles. The molecule has 0 aliphatic rings. The van der Waals surface area contributed by atoms with E-state index in [4.69, 9.17) is 16.3 Å². The molecular weight excluding hydrogens is 280 g/mol. The zero-order valence-electron chi connectivity index (χ0n) is 12.9. The Balaban J connectivity index is 1.96. The third-order valence-electron chi connectivity index (χ3n) is 3.77. The van der Waals surface area contributed by atoms with Crippen molar-refractivity contribution in [3.05, 3.63) is 65.7 Å². The van der Waals surface area contributed by atoms with Crippen LogP contribution in [0.5, 0.6) is 5.75 Å². The summed E-state index contributed by atoms with van der Waals surface area (Å²) in [4.78, 5) is 0. The van der Waals surface area contributed by atoms with Crippen molar-refractivity contribution in [1.29, 1.82) is 0 Å². The van der Waals surface area contributed by atoms with Crippen LogP contribution in [0.2, 0.25) is 0 Å². The summed E-state index contributed by atoms with van der Waals surface area (Å²) in [5.41, 5.74) is 2.44. The van der Waals surface area contributed by atoms with E-state index in [1.807, 2.05) is 30.3 Å². The van der Waals surface area contributed by atoms with Crippen LogP contribution < -0.4 is 4.74 Å². The highest BCUT2D eigenvalue weighted by Crippen LogP contribution is 2.29. The maximum Gasteiger partial charge on any atom is 0.119 e. The van der Waals surface area contributed by atoms with Gasteiger partial charge in [0.15, 0.2) is 0 Å². The molecule has 2 heteroatoms. The molecule has 0 fully saturated rings. The molecule has 0 bridgehead atoms. The van der Waals surface area contributed by atoms with E-state index in [2.05, 4.69) is 45.0 Å². The van der Waals surface area contributed by atoms with E-state index in [0.717, 1.165) is 5.75 Å². The van der Waals surface area contributed by atoms with Crippen LogP contribution in [-0.4, -0.2) is 5.38 Å². The van der Waals surface area contributed by atoms with Gasteiger partial charge in [-0.1, -0.05) is 63.2 Å². The van der Waals surface area contributed by atoms with Gasteiger partial charge in [0.25, 0.3) is 0 Å². The Morgan fingerprint density at radius 3 is 2.10 bits per heavy atom. The molecule has 0 saturated carbocycles. The third-order valence-corrected chi connectivity index (χ3v) is 4.65. The van der Waals surface area contributed by atoms with Crippen LogP contribution in [0.1, 0.15) is 37.8 Å². The van der Waals surface area contributed by atoms with E-state index in [-0.39, 0.29) is 5.38 Å². The van der Waals surface area contributed by atoms with Crippen LogP contribution in [0.4, 0.5) is 0 Å². The molecule has 0 saturated heterocycles. The summed E-state index contributed by atoms with van der Waals surface area (Å²) in [5, 5.41) is 0.154. The fourth-order valence-corrected chi connectivity index (χ4v) is 2.52. The normalized spacial score (nSPS) is 14.0. The lowest BCUT2D eigenvalue weighted by molar-refractivity contribution is 0.306. The maximum atomic E-state index is 6.45. The Morgan fingerprint density at radius 2 is 1.52 bits per heavy atom. The number of hydrogen-bond donors (Lipinski definition) is 0. The van der Waals surface area contributed by atoms with Crippen LogP contribution in [0.25, 0.3) is 0 Å². The first-order chi connectivity index (χ1) is 10.1. The highest BCUT2D eigenvalue weighted by atomic mass is 35.5. The van der Waals surface area contributed by atoms with Gasteiger partial charge in [-0.3, -0.25) is 0 Å². The zero-order valence-corrected chi connectivity index (χ0v) is 13.7. The zero-order chi connectivity index (χ0) is 15.2. The van der Waals surface area contributed by atoms with Crippen molar-refractivity contribution >= 4 is 11.6 Å². The molecule has 0 aliphatic carbocycles. The number of rotatable bonds is 6. The van der Waals surface area contributed by atoms with Crippen molar-refractivity contribution < 1.29 is 4.74 Å². The van der Waals surface area contributed by atoms with Crippen LogP contribution in [0, 0.1) is 5.92 Å². The van der Waals surface area contributed by atoms with Gasteiger partial charge in [0.05, 0.1) is 0 Å². The molecule has 0 spiro atoms. The van der Waals surface area contributed by atoms with Gasteiger partial charge in [-0.2, -0.15) is 0 Å². The molecule has 112 valence electrons. The molecule has 0 radical (unpaired) electrons. The van der Waals surface area contributed by atoms with Crippen LogP contribution in [-0.2, 0) is 6.61 Å². The summed E-state index contributed by atoms with van der Waals surface area (Å²) in [6.07, 6.45) is 0. The minimum atomic E-state index is 0.154. The van der Waals surface area contributed by atoms with Crippen molar-refractivity contribution in [2.45, 2.75) is 38.7 Å². The summed E-state index contributed by atoms with van der Waals surface area (Å²) >= 11 is 6.45. The maximum absolute atomic E-state index is 6.45. The lowest BCUT2D eigenvalue weighted by Gasteiger charge is -2.21. The Hall–Kier alpha value is -1.47. The molecule has 2 atom stereocenters. The van der Waals surface area contributed by atoms with E-state index in [9.17, 15) is 0 Å². The molecule has 1 nitrogen and oxygen atoms in total. The predicted molar refractivity (Wildman–Crippen MR) is 90.1 cm³/mol. The summed E-state index contributed by atoms with van der Waals surface area (Å²) < 4.78 is 5.80. The average molecular weight is 303 g/mol. The van der Waals surface area contributed by atoms with Crippen LogP contribution in [0.15, 0.2) is 54.6 Å². The monoisotopic (exact) mass is 302 g/mol. The van der Waals surface area contributed by atoms with E-state index in [1.54, 1.807) is 0 Å². The van der Waals surface area contributed by atoms with E-state index in [0.29, 0.717) is 18.4 Å². The van der Waals surface area contributed by atoms with Gasteiger partial charge < -0.3 is 4.74 Å². The Bertz CT molecular complexity index is 533. The molecule has 0 aliphatic heterocycles. The van der Waals surface area contributed by atoms with Gasteiger partial charge in [-0.25, -0.2) is 0 Å². The SMILES string of the molecule is CC(C)C(Cl)C(C)c1ccc(OCc2ccccc2)cc1. The second-order valence-corrected chi connectivity index (χ2v) is 6.32. The smallest absolute Gasteiger partial charge is 0.119 e.